The Hall–Kier alpha value is -3.61. The maximum Gasteiger partial charge on any atom is 0.248 e. The average molecular weight is 418 g/mol. The van der Waals surface area contributed by atoms with Crippen LogP contribution >= 0.6 is 0 Å². The van der Waals surface area contributed by atoms with E-state index in [1.54, 1.807) is 11.8 Å². The van der Waals surface area contributed by atoms with Crippen LogP contribution in [0.1, 0.15) is 44.9 Å². The summed E-state index contributed by atoms with van der Waals surface area (Å²) >= 11 is 0. The number of carbonyl (C=O) groups excluding carboxylic acids is 1. The van der Waals surface area contributed by atoms with Gasteiger partial charge in [0, 0.05) is 11.3 Å². The van der Waals surface area contributed by atoms with Crippen LogP contribution in [-0.2, 0) is 10.2 Å². The van der Waals surface area contributed by atoms with E-state index in [0.717, 1.165) is 11.1 Å². The number of amides is 1. The highest BCUT2D eigenvalue weighted by Crippen LogP contribution is 2.37. The molecule has 1 aromatic heterocycles. The van der Waals surface area contributed by atoms with Crippen LogP contribution in [-0.4, -0.2) is 27.8 Å². The van der Waals surface area contributed by atoms with Crippen molar-refractivity contribution >= 4 is 11.9 Å². The second-order valence-corrected chi connectivity index (χ2v) is 8.74. The molecule has 3 N–H and O–H groups in total. The lowest BCUT2D eigenvalue weighted by Gasteiger charge is -2.27. The first-order valence-corrected chi connectivity index (χ1v) is 10.2. The first-order valence-electron chi connectivity index (χ1n) is 10.2. The molecule has 7 nitrogen and oxygen atoms in total. The molecule has 4 rings (SSSR count). The molecule has 1 aliphatic heterocycles. The molecule has 31 heavy (non-hydrogen) atoms. The molecule has 1 unspecified atom stereocenters. The van der Waals surface area contributed by atoms with Crippen molar-refractivity contribution in [2.24, 2.45) is 5.73 Å². The number of anilines is 1. The zero-order valence-corrected chi connectivity index (χ0v) is 18.4. The Labute approximate surface area is 181 Å². The number of ether oxygens (including phenoxy) is 1. The molecule has 0 spiro atoms. The zero-order valence-electron chi connectivity index (χ0n) is 18.4. The molecular weight excluding hydrogens is 390 g/mol. The van der Waals surface area contributed by atoms with Crippen molar-refractivity contribution in [1.29, 1.82) is 0 Å². The van der Waals surface area contributed by atoms with Gasteiger partial charge in [-0.25, -0.2) is 4.68 Å². The third kappa shape index (κ3) is 3.79. The van der Waals surface area contributed by atoms with Crippen LogP contribution in [0, 0.1) is 0 Å². The first-order chi connectivity index (χ1) is 14.7. The number of fused-ring (bicyclic) bond motifs is 1. The third-order valence-corrected chi connectivity index (χ3v) is 5.54. The number of allylic oxidation sites excluding steroid dienone is 1. The molecule has 1 amide bonds. The summed E-state index contributed by atoms with van der Waals surface area (Å²) in [6.07, 6.45) is 0. The topological polar surface area (TPSA) is 95.1 Å². The molecular formula is C24H27N5O2. The molecule has 1 atom stereocenters. The minimum atomic E-state index is -0.505. The summed E-state index contributed by atoms with van der Waals surface area (Å²) < 4.78 is 7.09. The predicted molar refractivity (Wildman–Crippen MR) is 121 cm³/mol. The number of hydrogen-bond donors (Lipinski definition) is 2. The van der Waals surface area contributed by atoms with E-state index in [2.05, 4.69) is 38.2 Å². The number of aromatic nitrogens is 3. The van der Waals surface area contributed by atoms with Crippen LogP contribution < -0.4 is 15.8 Å². The lowest BCUT2D eigenvalue weighted by atomic mass is 9.87. The standard InChI is InChI=1S/C24H27N5O2/c1-14-19(21(25)30)20(16-7-6-8-18(13-16)31-5)29-23(26-14)27-22(28-29)15-9-11-17(12-10-15)24(2,3)4/h6-13,20H,1-5H3,(H2,25,30)(H,26,27,28). The van der Waals surface area contributed by atoms with E-state index in [0.29, 0.717) is 28.8 Å². The van der Waals surface area contributed by atoms with Crippen LogP contribution in [0.5, 0.6) is 5.75 Å². The predicted octanol–water partition coefficient (Wildman–Crippen LogP) is 4.03. The van der Waals surface area contributed by atoms with Gasteiger partial charge in [-0.1, -0.05) is 57.2 Å². The summed E-state index contributed by atoms with van der Waals surface area (Å²) in [5.74, 6) is 1.33. The Morgan fingerprint density at radius 2 is 1.87 bits per heavy atom. The van der Waals surface area contributed by atoms with Crippen molar-refractivity contribution in [2.75, 3.05) is 12.4 Å². The number of benzene rings is 2. The highest BCUT2D eigenvalue weighted by Gasteiger charge is 2.33. The molecule has 160 valence electrons. The summed E-state index contributed by atoms with van der Waals surface area (Å²) in [5.41, 5.74) is 9.91. The van der Waals surface area contributed by atoms with Crippen molar-refractivity contribution in [2.45, 2.75) is 39.2 Å². The van der Waals surface area contributed by atoms with Gasteiger partial charge in [0.1, 0.15) is 11.8 Å². The molecule has 0 radical (unpaired) electrons. The van der Waals surface area contributed by atoms with Gasteiger partial charge >= 0.3 is 0 Å². The quantitative estimate of drug-likeness (QED) is 0.668. The number of methoxy groups -OCH3 is 1. The fourth-order valence-corrected chi connectivity index (χ4v) is 3.83. The van der Waals surface area contributed by atoms with Gasteiger partial charge in [-0.2, -0.15) is 4.98 Å². The maximum atomic E-state index is 12.4. The van der Waals surface area contributed by atoms with Crippen molar-refractivity contribution in [3.63, 3.8) is 0 Å². The molecule has 0 aliphatic carbocycles. The lowest BCUT2D eigenvalue weighted by molar-refractivity contribution is -0.115. The minimum Gasteiger partial charge on any atom is -0.497 e. The van der Waals surface area contributed by atoms with Crippen LogP contribution in [0.3, 0.4) is 0 Å². The maximum absolute atomic E-state index is 12.4. The second kappa shape index (κ2) is 7.58. The van der Waals surface area contributed by atoms with E-state index in [1.807, 2.05) is 43.3 Å². The summed E-state index contributed by atoms with van der Waals surface area (Å²) in [4.78, 5) is 17.1. The van der Waals surface area contributed by atoms with E-state index in [-0.39, 0.29) is 5.41 Å². The zero-order chi connectivity index (χ0) is 22.3. The monoisotopic (exact) mass is 417 g/mol. The van der Waals surface area contributed by atoms with Crippen LogP contribution in [0.25, 0.3) is 11.4 Å². The van der Waals surface area contributed by atoms with Gasteiger partial charge in [0.25, 0.3) is 0 Å². The largest absolute Gasteiger partial charge is 0.497 e. The number of primary amides is 1. The average Bonchev–Trinajstić information content (AvgIpc) is 3.15. The Kier molecular flexibility index (Phi) is 5.05. The third-order valence-electron chi connectivity index (χ3n) is 5.54. The smallest absolute Gasteiger partial charge is 0.248 e. The summed E-state index contributed by atoms with van der Waals surface area (Å²) in [6, 6.07) is 15.3. The van der Waals surface area contributed by atoms with Crippen molar-refractivity contribution < 1.29 is 9.53 Å². The Morgan fingerprint density at radius 1 is 1.16 bits per heavy atom. The minimum absolute atomic E-state index is 0.0653. The lowest BCUT2D eigenvalue weighted by Crippen LogP contribution is -2.31. The normalized spacial score (nSPS) is 16.0. The molecule has 2 aromatic carbocycles. The van der Waals surface area contributed by atoms with Crippen molar-refractivity contribution in [1.82, 2.24) is 14.8 Å². The number of rotatable bonds is 4. The first kappa shape index (κ1) is 20.7. The number of hydrogen-bond acceptors (Lipinski definition) is 5. The second-order valence-electron chi connectivity index (χ2n) is 8.74. The van der Waals surface area contributed by atoms with Gasteiger partial charge in [-0.15, -0.1) is 5.10 Å². The molecule has 1 aliphatic rings. The SMILES string of the molecule is COc1cccc(C2C(C(N)=O)=C(C)Nc3nc(-c4ccc(C(C)(C)C)cc4)nn32)c1. The van der Waals surface area contributed by atoms with Crippen LogP contribution in [0.2, 0.25) is 0 Å². The van der Waals surface area contributed by atoms with Gasteiger partial charge in [-0.3, -0.25) is 4.79 Å². The van der Waals surface area contributed by atoms with Gasteiger partial charge in [0.15, 0.2) is 5.82 Å². The Balaban J connectivity index is 1.82. The van der Waals surface area contributed by atoms with Crippen molar-refractivity contribution in [3.05, 3.63) is 70.9 Å². The van der Waals surface area contributed by atoms with E-state index >= 15 is 0 Å². The molecule has 0 saturated heterocycles. The molecule has 0 saturated carbocycles. The van der Waals surface area contributed by atoms with E-state index < -0.39 is 11.9 Å². The Bertz CT molecular complexity index is 1170. The fraction of sp³-hybridized carbons (Fsp3) is 0.292. The van der Waals surface area contributed by atoms with Crippen molar-refractivity contribution in [3.8, 4) is 17.1 Å². The summed E-state index contributed by atoms with van der Waals surface area (Å²) in [6.45, 7) is 8.36. The highest BCUT2D eigenvalue weighted by atomic mass is 16.5. The van der Waals surface area contributed by atoms with Gasteiger partial charge in [0.2, 0.25) is 11.9 Å². The fourth-order valence-electron chi connectivity index (χ4n) is 3.83. The number of nitrogens with one attached hydrogen (secondary N) is 1. The number of nitrogens with zero attached hydrogens (tertiary/aromatic N) is 3. The molecule has 7 heteroatoms. The number of carbonyl (C=O) groups is 1. The molecule has 0 fully saturated rings. The number of nitrogens with two attached hydrogens (primary N) is 1. The molecule has 2 heterocycles. The van der Waals surface area contributed by atoms with E-state index in [4.69, 9.17) is 20.6 Å². The Morgan fingerprint density at radius 3 is 2.48 bits per heavy atom. The van der Waals surface area contributed by atoms with Crippen LogP contribution in [0.4, 0.5) is 5.95 Å². The molecule has 3 aromatic rings. The van der Waals surface area contributed by atoms with Gasteiger partial charge < -0.3 is 15.8 Å². The van der Waals surface area contributed by atoms with Gasteiger partial charge in [0.05, 0.1) is 12.7 Å². The highest BCUT2D eigenvalue weighted by molar-refractivity contribution is 5.95. The van der Waals surface area contributed by atoms with Gasteiger partial charge in [-0.05, 0) is 35.6 Å². The van der Waals surface area contributed by atoms with Crippen LogP contribution in [0.15, 0.2) is 59.8 Å². The molecule has 0 bridgehead atoms. The summed E-state index contributed by atoms with van der Waals surface area (Å²) in [7, 11) is 1.61. The van der Waals surface area contributed by atoms with E-state index in [9.17, 15) is 4.79 Å². The van der Waals surface area contributed by atoms with E-state index in [1.165, 1.54) is 5.56 Å². The summed E-state index contributed by atoms with van der Waals surface area (Å²) in [5, 5.41) is 7.94.